The van der Waals surface area contributed by atoms with Gasteiger partial charge in [-0.15, -0.1) is 0 Å². The Bertz CT molecular complexity index is 711. The van der Waals surface area contributed by atoms with Crippen molar-refractivity contribution in [3.63, 3.8) is 0 Å². The van der Waals surface area contributed by atoms with Gasteiger partial charge < -0.3 is 0 Å². The normalized spacial score (nSPS) is 37.1. The predicted octanol–water partition coefficient (Wildman–Crippen LogP) is 1.79. The predicted molar refractivity (Wildman–Crippen MR) is 82.5 cm³/mol. The average Bonchev–Trinajstić information content (AvgIpc) is 2.90. The van der Waals surface area contributed by atoms with E-state index in [9.17, 15) is 17.2 Å². The number of hydrogen-bond acceptors (Lipinski definition) is 3. The molecule has 0 amide bonds. The van der Waals surface area contributed by atoms with Gasteiger partial charge >= 0.3 is 0 Å². The summed E-state index contributed by atoms with van der Waals surface area (Å²) in [6.45, 7) is 2.19. The van der Waals surface area contributed by atoms with Crippen molar-refractivity contribution >= 4 is 10.0 Å². The largest absolute Gasteiger partial charge is 0.298 e. The quantitative estimate of drug-likeness (QED) is 0.823. The van der Waals surface area contributed by atoms with Gasteiger partial charge in [0, 0.05) is 30.6 Å². The summed E-state index contributed by atoms with van der Waals surface area (Å²) in [5.74, 6) is -1.04. The summed E-state index contributed by atoms with van der Waals surface area (Å²) < 4.78 is 53.3. The van der Waals surface area contributed by atoms with Gasteiger partial charge in [-0.3, -0.25) is 4.90 Å². The molecule has 2 bridgehead atoms. The molecule has 23 heavy (non-hydrogen) atoms. The van der Waals surface area contributed by atoms with Crippen LogP contribution in [0.4, 0.5) is 8.78 Å². The Kier molecular flexibility index (Phi) is 3.52. The molecule has 7 heteroatoms. The zero-order valence-electron chi connectivity index (χ0n) is 13.0. The van der Waals surface area contributed by atoms with Crippen LogP contribution in [0.15, 0.2) is 18.2 Å². The molecule has 4 heterocycles. The van der Waals surface area contributed by atoms with E-state index in [-0.39, 0.29) is 18.0 Å². The molecule has 1 aromatic carbocycles. The lowest BCUT2D eigenvalue weighted by atomic mass is 9.75. The molecule has 0 aromatic heterocycles. The number of nitrogens with zero attached hydrogens (tertiary/aromatic N) is 2. The second-order valence-corrected chi connectivity index (χ2v) is 8.93. The highest BCUT2D eigenvalue weighted by Gasteiger charge is 2.55. The standard InChI is InChI=1S/C16H20F2N2O2S/c1-23(21,22)20-9-14(11-6-12(17)8-13(18)7-11)16-15(20)10-2-4-19(16)5-3-10/h6-8,10,14-16H,2-5,9H2,1H3/t14-,15+,16+/m0/s1. The van der Waals surface area contributed by atoms with Crippen molar-refractivity contribution in [1.29, 1.82) is 0 Å². The topological polar surface area (TPSA) is 40.6 Å². The van der Waals surface area contributed by atoms with Crippen LogP contribution in [0.5, 0.6) is 0 Å². The van der Waals surface area contributed by atoms with Gasteiger partial charge in [0.25, 0.3) is 0 Å². The number of benzene rings is 1. The molecule has 4 fully saturated rings. The van der Waals surface area contributed by atoms with E-state index in [1.54, 1.807) is 4.31 Å². The highest BCUT2D eigenvalue weighted by molar-refractivity contribution is 7.88. The molecule has 4 nitrogen and oxygen atoms in total. The minimum atomic E-state index is -3.34. The molecule has 4 aliphatic rings. The Labute approximate surface area is 135 Å². The average molecular weight is 342 g/mol. The minimum Gasteiger partial charge on any atom is -0.298 e. The van der Waals surface area contributed by atoms with Crippen molar-refractivity contribution in [2.75, 3.05) is 25.9 Å². The molecule has 5 rings (SSSR count). The van der Waals surface area contributed by atoms with E-state index in [4.69, 9.17) is 0 Å². The lowest BCUT2D eigenvalue weighted by Crippen LogP contribution is -2.60. The van der Waals surface area contributed by atoms with E-state index in [2.05, 4.69) is 4.90 Å². The van der Waals surface area contributed by atoms with E-state index < -0.39 is 21.7 Å². The third-order valence-electron chi connectivity index (χ3n) is 5.69. The van der Waals surface area contributed by atoms with Crippen molar-refractivity contribution in [2.24, 2.45) is 5.92 Å². The van der Waals surface area contributed by atoms with Crippen LogP contribution in [0.25, 0.3) is 0 Å². The van der Waals surface area contributed by atoms with Crippen LogP contribution in [0.1, 0.15) is 24.3 Å². The first-order valence-corrected chi connectivity index (χ1v) is 9.86. The fourth-order valence-corrected chi connectivity index (χ4v) is 5.99. The van der Waals surface area contributed by atoms with Gasteiger partial charge in [-0.05, 0) is 49.5 Å². The SMILES string of the molecule is CS(=O)(=O)N1C[C@@H](c2cc(F)cc(F)c2)[C@@H]2[C@H]1C1CCN2CC1. The van der Waals surface area contributed by atoms with Crippen molar-refractivity contribution in [3.8, 4) is 0 Å². The first kappa shape index (κ1) is 15.5. The molecule has 0 spiro atoms. The third kappa shape index (κ3) is 2.49. The number of rotatable bonds is 2. The van der Waals surface area contributed by atoms with E-state index in [0.29, 0.717) is 18.0 Å². The Morgan fingerprint density at radius 1 is 1.04 bits per heavy atom. The maximum atomic E-state index is 13.6. The lowest BCUT2D eigenvalue weighted by molar-refractivity contribution is 0.0124. The molecule has 4 saturated heterocycles. The zero-order valence-corrected chi connectivity index (χ0v) is 13.8. The van der Waals surface area contributed by atoms with E-state index in [1.807, 2.05) is 0 Å². The lowest BCUT2D eigenvalue weighted by Gasteiger charge is -2.50. The van der Waals surface area contributed by atoms with Crippen molar-refractivity contribution in [2.45, 2.75) is 30.8 Å². The molecule has 1 aromatic rings. The summed E-state index contributed by atoms with van der Waals surface area (Å²) in [7, 11) is -3.34. The molecule has 0 unspecified atom stereocenters. The summed E-state index contributed by atoms with van der Waals surface area (Å²) in [6, 6.07) is 3.51. The van der Waals surface area contributed by atoms with Gasteiger partial charge in [0.05, 0.1) is 6.26 Å². The third-order valence-corrected chi connectivity index (χ3v) is 6.93. The summed E-state index contributed by atoms with van der Waals surface area (Å²) in [5.41, 5.74) is 0.566. The monoisotopic (exact) mass is 342 g/mol. The smallest absolute Gasteiger partial charge is 0.211 e. The number of halogens is 2. The highest BCUT2D eigenvalue weighted by Crippen LogP contribution is 2.47. The second-order valence-electron chi connectivity index (χ2n) is 7.00. The maximum Gasteiger partial charge on any atom is 0.211 e. The first-order chi connectivity index (χ1) is 10.8. The van der Waals surface area contributed by atoms with Gasteiger partial charge in [0.15, 0.2) is 0 Å². The van der Waals surface area contributed by atoms with Crippen LogP contribution in [-0.4, -0.2) is 55.6 Å². The first-order valence-electron chi connectivity index (χ1n) is 8.01. The molecule has 0 radical (unpaired) electrons. The van der Waals surface area contributed by atoms with Gasteiger partial charge in [-0.1, -0.05) is 0 Å². The Balaban J connectivity index is 1.78. The van der Waals surface area contributed by atoms with Crippen LogP contribution in [-0.2, 0) is 10.0 Å². The molecular formula is C16H20F2N2O2S. The molecule has 126 valence electrons. The fraction of sp³-hybridized carbons (Fsp3) is 0.625. The zero-order chi connectivity index (χ0) is 16.4. The van der Waals surface area contributed by atoms with Gasteiger partial charge in [0.2, 0.25) is 10.0 Å². The van der Waals surface area contributed by atoms with E-state index >= 15 is 0 Å². The summed E-state index contributed by atoms with van der Waals surface area (Å²) in [5, 5.41) is 0. The number of piperidine rings is 3. The van der Waals surface area contributed by atoms with Gasteiger partial charge in [-0.25, -0.2) is 17.2 Å². The molecule has 0 N–H and O–H groups in total. The Morgan fingerprint density at radius 2 is 1.65 bits per heavy atom. The molecular weight excluding hydrogens is 322 g/mol. The van der Waals surface area contributed by atoms with Crippen molar-refractivity contribution < 1.29 is 17.2 Å². The number of sulfonamides is 1. The molecule has 0 aliphatic carbocycles. The van der Waals surface area contributed by atoms with E-state index in [0.717, 1.165) is 32.0 Å². The fourth-order valence-electron chi connectivity index (χ4n) is 4.82. The van der Waals surface area contributed by atoms with Crippen molar-refractivity contribution in [1.82, 2.24) is 9.21 Å². The van der Waals surface area contributed by atoms with Gasteiger partial charge in [0.1, 0.15) is 11.6 Å². The van der Waals surface area contributed by atoms with E-state index in [1.165, 1.54) is 18.4 Å². The van der Waals surface area contributed by atoms with Crippen LogP contribution < -0.4 is 0 Å². The molecule has 4 aliphatic heterocycles. The number of hydrogen-bond donors (Lipinski definition) is 0. The van der Waals surface area contributed by atoms with Crippen LogP contribution in [0, 0.1) is 17.6 Å². The van der Waals surface area contributed by atoms with Crippen molar-refractivity contribution in [3.05, 3.63) is 35.4 Å². The highest BCUT2D eigenvalue weighted by atomic mass is 32.2. The summed E-state index contributed by atoms with van der Waals surface area (Å²) in [4.78, 5) is 2.31. The Morgan fingerprint density at radius 3 is 2.22 bits per heavy atom. The van der Waals surface area contributed by atoms with Gasteiger partial charge in [-0.2, -0.15) is 4.31 Å². The maximum absolute atomic E-state index is 13.6. The Hall–Kier alpha value is -1.05. The molecule has 0 saturated carbocycles. The second kappa shape index (κ2) is 5.22. The van der Waals surface area contributed by atoms with Crippen LogP contribution in [0.3, 0.4) is 0 Å². The summed E-state index contributed by atoms with van der Waals surface area (Å²) >= 11 is 0. The van der Waals surface area contributed by atoms with Crippen LogP contribution >= 0.6 is 0 Å². The molecule has 3 atom stereocenters. The minimum absolute atomic E-state index is 0.0263. The summed E-state index contributed by atoms with van der Waals surface area (Å²) in [6.07, 6.45) is 3.23. The number of fused-ring (bicyclic) bond motifs is 2. The van der Waals surface area contributed by atoms with Crippen LogP contribution in [0.2, 0.25) is 0 Å².